The van der Waals surface area contributed by atoms with Gasteiger partial charge in [0, 0.05) is 38.3 Å². The van der Waals surface area contributed by atoms with Gasteiger partial charge in [-0.1, -0.05) is 30.3 Å². The first kappa shape index (κ1) is 23.4. The number of hydrogen-bond acceptors (Lipinski definition) is 5. The Morgan fingerprint density at radius 1 is 1.10 bits per heavy atom. The molecule has 151 valence electrons. The summed E-state index contributed by atoms with van der Waals surface area (Å²) in [5, 5.41) is 2.29. The minimum atomic E-state index is -1.03. The molecule has 0 unspecified atom stereocenters. The van der Waals surface area contributed by atoms with Crippen LogP contribution < -0.4 is 10.9 Å². The molecule has 0 bridgehead atoms. The zero-order valence-corrected chi connectivity index (χ0v) is 18.5. The van der Waals surface area contributed by atoms with Crippen molar-refractivity contribution < 1.29 is 51.4 Å². The molecule has 3 aromatic rings. The molecule has 0 aliphatic rings. The topological polar surface area (TPSA) is 114 Å². The third kappa shape index (κ3) is 6.04. The first-order chi connectivity index (χ1) is 13.9. The number of aromatic nitrogens is 2. The Hall–Kier alpha value is -2.91. The number of ether oxygens (including phenoxy) is 1. The van der Waals surface area contributed by atoms with Crippen LogP contribution in [0.3, 0.4) is 0 Å². The van der Waals surface area contributed by atoms with Gasteiger partial charge in [-0.05, 0) is 29.8 Å². The molecule has 10 heteroatoms. The summed E-state index contributed by atoms with van der Waals surface area (Å²) in [7, 11) is 0. The third-order valence-corrected chi connectivity index (χ3v) is 3.90. The molecule has 0 spiro atoms. The molecule has 0 atom stereocenters. The summed E-state index contributed by atoms with van der Waals surface area (Å²) >= 11 is 0. The standard InChI is InChI=1S/C20H17FN4O4.Y/c21-15-8-6-14(7-9-15)18-23-10-16(19(27)25(18)11-17(22)26)24-20(28)29-12-13-4-2-1-3-5-13;/h1-10H,11-12H2,(H3,22,24,26,28);/p-1. The number of nitrogens with one attached hydrogen (secondary N) is 2. The molecule has 8 nitrogen and oxygen atoms in total. The Balaban J connectivity index is 0.00000320. The van der Waals surface area contributed by atoms with Crippen molar-refractivity contribution in [3.05, 3.63) is 88.3 Å². The van der Waals surface area contributed by atoms with Crippen LogP contribution in [-0.4, -0.2) is 21.6 Å². The van der Waals surface area contributed by atoms with E-state index in [0.717, 1.165) is 16.3 Å². The van der Waals surface area contributed by atoms with Crippen LogP contribution in [0.5, 0.6) is 0 Å². The number of carbonyl (C=O) groups excluding carboxylic acids is 2. The molecule has 30 heavy (non-hydrogen) atoms. The van der Waals surface area contributed by atoms with E-state index in [0.29, 0.717) is 5.56 Å². The Morgan fingerprint density at radius 3 is 2.40 bits per heavy atom. The van der Waals surface area contributed by atoms with Crippen molar-refractivity contribution in [2.24, 2.45) is 0 Å². The van der Waals surface area contributed by atoms with E-state index < -0.39 is 29.9 Å². The van der Waals surface area contributed by atoms with Gasteiger partial charge in [0.15, 0.2) is 0 Å². The van der Waals surface area contributed by atoms with E-state index in [2.05, 4.69) is 10.3 Å². The number of benzene rings is 2. The van der Waals surface area contributed by atoms with E-state index in [-0.39, 0.29) is 50.8 Å². The summed E-state index contributed by atoms with van der Waals surface area (Å²) in [6.07, 6.45) is 0.251. The monoisotopic (exact) mass is 484 g/mol. The van der Waals surface area contributed by atoms with Gasteiger partial charge in [0.05, 0.1) is 18.6 Å². The van der Waals surface area contributed by atoms with Crippen LogP contribution in [0.25, 0.3) is 17.1 Å². The van der Waals surface area contributed by atoms with E-state index in [4.69, 9.17) is 10.5 Å². The largest absolute Gasteiger partial charge is 0.666 e. The van der Waals surface area contributed by atoms with E-state index in [1.165, 1.54) is 24.3 Å². The molecule has 3 rings (SSSR count). The Bertz CT molecular complexity index is 1090. The Labute approximate surface area is 196 Å². The SMILES string of the molecule is [NH-]C(=O)Cn1c(-c2ccc(F)cc2)ncc(NC(=O)OCc2ccccc2)c1=O.[Y]. The van der Waals surface area contributed by atoms with Gasteiger partial charge in [0.25, 0.3) is 5.56 Å². The fraction of sp³-hybridized carbons (Fsp3) is 0.100. The molecule has 1 aromatic heterocycles. The van der Waals surface area contributed by atoms with Crippen molar-refractivity contribution in [2.45, 2.75) is 13.2 Å². The van der Waals surface area contributed by atoms with Gasteiger partial charge in [-0.25, -0.2) is 14.2 Å². The van der Waals surface area contributed by atoms with Gasteiger partial charge in [0.2, 0.25) is 0 Å². The number of amides is 2. The molecule has 0 saturated heterocycles. The third-order valence-electron chi connectivity index (χ3n) is 3.90. The first-order valence-corrected chi connectivity index (χ1v) is 8.52. The van der Waals surface area contributed by atoms with E-state index in [9.17, 15) is 18.8 Å². The molecular formula is C20H16FN4O4Y-. The van der Waals surface area contributed by atoms with Crippen molar-refractivity contribution in [1.29, 1.82) is 0 Å². The van der Waals surface area contributed by atoms with Crippen LogP contribution in [-0.2, 0) is 55.4 Å². The zero-order chi connectivity index (χ0) is 20.8. The van der Waals surface area contributed by atoms with Gasteiger partial charge < -0.3 is 15.3 Å². The maximum Gasteiger partial charge on any atom is 0.412 e. The molecule has 1 heterocycles. The molecule has 2 aromatic carbocycles. The summed E-state index contributed by atoms with van der Waals surface area (Å²) in [4.78, 5) is 40.1. The van der Waals surface area contributed by atoms with Crippen molar-refractivity contribution >= 4 is 17.7 Å². The smallest absolute Gasteiger partial charge is 0.412 e. The quantitative estimate of drug-likeness (QED) is 0.577. The first-order valence-electron chi connectivity index (χ1n) is 8.52. The summed E-state index contributed by atoms with van der Waals surface area (Å²) in [6.45, 7) is -0.569. The minimum Gasteiger partial charge on any atom is -0.666 e. The van der Waals surface area contributed by atoms with Gasteiger partial charge >= 0.3 is 6.09 Å². The maximum atomic E-state index is 13.2. The number of rotatable bonds is 6. The second-order valence-electron chi connectivity index (χ2n) is 6.00. The molecule has 0 aliphatic heterocycles. The van der Waals surface area contributed by atoms with Crippen molar-refractivity contribution in [3.8, 4) is 11.4 Å². The molecular weight excluding hydrogens is 468 g/mol. The van der Waals surface area contributed by atoms with Crippen molar-refractivity contribution in [1.82, 2.24) is 9.55 Å². The van der Waals surface area contributed by atoms with Crippen LogP contribution >= 0.6 is 0 Å². The Morgan fingerprint density at radius 2 is 1.77 bits per heavy atom. The van der Waals surface area contributed by atoms with E-state index in [1.54, 1.807) is 24.3 Å². The summed E-state index contributed by atoms with van der Waals surface area (Å²) < 4.78 is 19.2. The number of anilines is 1. The summed E-state index contributed by atoms with van der Waals surface area (Å²) in [5.74, 6) is -1.43. The Kier molecular flexibility index (Phi) is 8.38. The maximum absolute atomic E-state index is 13.2. The van der Waals surface area contributed by atoms with Crippen LogP contribution in [0, 0.1) is 5.82 Å². The van der Waals surface area contributed by atoms with Crippen molar-refractivity contribution in [3.63, 3.8) is 0 Å². The summed E-state index contributed by atoms with van der Waals surface area (Å²) in [5.41, 5.74) is 7.37. The fourth-order valence-corrected chi connectivity index (χ4v) is 2.57. The van der Waals surface area contributed by atoms with Crippen LogP contribution in [0.15, 0.2) is 65.6 Å². The molecule has 1 radical (unpaired) electrons. The van der Waals surface area contributed by atoms with Gasteiger partial charge in [-0.3, -0.25) is 14.7 Å². The average molecular weight is 484 g/mol. The predicted molar refractivity (Wildman–Crippen MR) is 103 cm³/mol. The number of nitrogens with zero attached hydrogens (tertiary/aromatic N) is 2. The minimum absolute atomic E-state index is 0. The average Bonchev–Trinajstić information content (AvgIpc) is 2.71. The summed E-state index contributed by atoms with van der Waals surface area (Å²) in [6, 6.07) is 14.1. The number of carbonyl (C=O) groups is 2. The fourth-order valence-electron chi connectivity index (χ4n) is 2.57. The zero-order valence-electron chi connectivity index (χ0n) is 15.7. The predicted octanol–water partition coefficient (Wildman–Crippen LogP) is 3.37. The van der Waals surface area contributed by atoms with Gasteiger partial charge in [-0.15, -0.1) is 0 Å². The molecule has 2 N–H and O–H groups in total. The van der Waals surface area contributed by atoms with Gasteiger partial charge in [-0.2, -0.15) is 0 Å². The second-order valence-corrected chi connectivity index (χ2v) is 6.00. The molecule has 0 saturated carbocycles. The van der Waals surface area contributed by atoms with Crippen molar-refractivity contribution in [2.75, 3.05) is 5.32 Å². The van der Waals surface area contributed by atoms with E-state index >= 15 is 0 Å². The van der Waals surface area contributed by atoms with Crippen LogP contribution in [0.4, 0.5) is 14.9 Å². The second kappa shape index (κ2) is 10.8. The van der Waals surface area contributed by atoms with Crippen LogP contribution in [0.2, 0.25) is 0 Å². The molecule has 2 amide bonds. The number of hydrogen-bond donors (Lipinski definition) is 1. The normalized spacial score (nSPS) is 10.0. The van der Waals surface area contributed by atoms with E-state index in [1.807, 2.05) is 6.07 Å². The molecule has 0 aliphatic carbocycles. The van der Waals surface area contributed by atoms with Gasteiger partial charge in [0.1, 0.15) is 23.9 Å². The van der Waals surface area contributed by atoms with Crippen LogP contribution in [0.1, 0.15) is 5.56 Å². The number of halogens is 1. The molecule has 0 fully saturated rings.